The van der Waals surface area contributed by atoms with Crippen LogP contribution in [0.5, 0.6) is 0 Å². The number of benzene rings is 1. The third-order valence-corrected chi connectivity index (χ3v) is 3.89. The second-order valence-corrected chi connectivity index (χ2v) is 6.21. The molecule has 18 heavy (non-hydrogen) atoms. The van der Waals surface area contributed by atoms with Crippen molar-refractivity contribution in [2.75, 3.05) is 5.32 Å². The monoisotopic (exact) mass is 266 g/mol. The van der Waals surface area contributed by atoms with E-state index in [4.69, 9.17) is 17.3 Å². The van der Waals surface area contributed by atoms with Gasteiger partial charge < -0.3 is 11.1 Å². The smallest absolute Gasteiger partial charge is 0.250 e. The fourth-order valence-electron chi connectivity index (χ4n) is 2.60. The Hall–Kier alpha value is -1.22. The summed E-state index contributed by atoms with van der Waals surface area (Å²) < 4.78 is 0. The van der Waals surface area contributed by atoms with Crippen molar-refractivity contribution in [2.45, 2.75) is 39.2 Å². The summed E-state index contributed by atoms with van der Waals surface area (Å²) >= 11 is 6.03. The third-order valence-electron chi connectivity index (χ3n) is 3.57. The van der Waals surface area contributed by atoms with E-state index in [1.807, 2.05) is 6.07 Å². The molecule has 0 spiro atoms. The molecule has 1 aliphatic carbocycles. The first-order valence-electron chi connectivity index (χ1n) is 6.23. The number of hydrogen-bond acceptors (Lipinski definition) is 2. The van der Waals surface area contributed by atoms with Gasteiger partial charge in [0.05, 0.1) is 10.6 Å². The fraction of sp³-hybridized carbons (Fsp3) is 0.500. The van der Waals surface area contributed by atoms with Crippen molar-refractivity contribution >= 4 is 23.2 Å². The van der Waals surface area contributed by atoms with E-state index in [2.05, 4.69) is 19.2 Å². The molecule has 0 saturated heterocycles. The molecular formula is C14H19ClN2O. The van der Waals surface area contributed by atoms with Crippen molar-refractivity contribution in [3.8, 4) is 0 Å². The second kappa shape index (κ2) is 4.81. The van der Waals surface area contributed by atoms with Gasteiger partial charge in [0.1, 0.15) is 0 Å². The molecule has 1 amide bonds. The number of halogens is 1. The van der Waals surface area contributed by atoms with E-state index in [1.54, 1.807) is 12.1 Å². The molecule has 0 aromatic heterocycles. The van der Waals surface area contributed by atoms with Gasteiger partial charge in [-0.2, -0.15) is 0 Å². The molecule has 3 nitrogen and oxygen atoms in total. The minimum Gasteiger partial charge on any atom is -0.382 e. The van der Waals surface area contributed by atoms with E-state index in [0.717, 1.165) is 12.1 Å². The molecule has 1 unspecified atom stereocenters. The molecule has 1 aromatic carbocycles. The summed E-state index contributed by atoms with van der Waals surface area (Å²) in [5.41, 5.74) is 6.95. The van der Waals surface area contributed by atoms with Crippen LogP contribution >= 0.6 is 11.6 Å². The molecule has 3 N–H and O–H groups in total. The lowest BCUT2D eigenvalue weighted by Crippen LogP contribution is -2.18. The highest BCUT2D eigenvalue weighted by molar-refractivity contribution is 6.34. The van der Waals surface area contributed by atoms with Crippen molar-refractivity contribution < 1.29 is 4.79 Å². The zero-order valence-corrected chi connectivity index (χ0v) is 11.6. The number of carbonyl (C=O) groups is 1. The minimum absolute atomic E-state index is 0.369. The first-order valence-corrected chi connectivity index (χ1v) is 6.61. The molecule has 0 bridgehead atoms. The van der Waals surface area contributed by atoms with Crippen LogP contribution in [0, 0.1) is 5.41 Å². The molecule has 1 aromatic rings. The third kappa shape index (κ3) is 2.96. The first-order chi connectivity index (χ1) is 8.37. The molecule has 1 fully saturated rings. The van der Waals surface area contributed by atoms with E-state index in [9.17, 15) is 4.79 Å². The van der Waals surface area contributed by atoms with E-state index in [0.29, 0.717) is 22.0 Å². The van der Waals surface area contributed by atoms with E-state index < -0.39 is 5.91 Å². The Morgan fingerprint density at radius 2 is 2.22 bits per heavy atom. The molecule has 0 heterocycles. The standard InChI is InChI=1S/C14H19ClN2O/c1-14(2)6-5-10(8-14)17-9-3-4-11(13(16)18)12(15)7-9/h3-4,7,10,17H,5-6,8H2,1-2H3,(H2,16,18). The van der Waals surface area contributed by atoms with Gasteiger partial charge in [-0.05, 0) is 42.9 Å². The Labute approximate surface area is 113 Å². The maximum absolute atomic E-state index is 11.1. The second-order valence-electron chi connectivity index (χ2n) is 5.81. The van der Waals surface area contributed by atoms with Gasteiger partial charge in [0.25, 0.3) is 0 Å². The summed E-state index contributed by atoms with van der Waals surface area (Å²) in [6.45, 7) is 4.58. The minimum atomic E-state index is -0.492. The summed E-state index contributed by atoms with van der Waals surface area (Å²) in [4.78, 5) is 11.1. The van der Waals surface area contributed by atoms with Crippen molar-refractivity contribution in [2.24, 2.45) is 11.1 Å². The fourth-order valence-corrected chi connectivity index (χ4v) is 2.87. The Morgan fingerprint density at radius 1 is 1.50 bits per heavy atom. The van der Waals surface area contributed by atoms with Crippen LogP contribution in [0.4, 0.5) is 5.69 Å². The predicted octanol–water partition coefficient (Wildman–Crippen LogP) is 3.43. The van der Waals surface area contributed by atoms with Crippen molar-refractivity contribution in [3.63, 3.8) is 0 Å². The van der Waals surface area contributed by atoms with Gasteiger partial charge in [-0.3, -0.25) is 4.79 Å². The Bertz CT molecular complexity index is 471. The lowest BCUT2D eigenvalue weighted by Gasteiger charge is -2.19. The van der Waals surface area contributed by atoms with Crippen LogP contribution < -0.4 is 11.1 Å². The molecule has 98 valence electrons. The highest BCUT2D eigenvalue weighted by Crippen LogP contribution is 2.38. The zero-order valence-electron chi connectivity index (χ0n) is 10.8. The number of nitrogens with two attached hydrogens (primary N) is 1. The number of carbonyl (C=O) groups excluding carboxylic acids is 1. The van der Waals surface area contributed by atoms with E-state index >= 15 is 0 Å². The van der Waals surface area contributed by atoms with E-state index in [1.165, 1.54) is 12.8 Å². The average Bonchev–Trinajstić information content (AvgIpc) is 2.57. The summed E-state index contributed by atoms with van der Waals surface area (Å²) in [6.07, 6.45) is 3.56. The molecule has 2 rings (SSSR count). The molecule has 0 aliphatic heterocycles. The summed E-state index contributed by atoms with van der Waals surface area (Å²) in [7, 11) is 0. The maximum Gasteiger partial charge on any atom is 0.250 e. The normalized spacial score (nSPS) is 21.8. The molecule has 1 atom stereocenters. The summed E-state index contributed by atoms with van der Waals surface area (Å²) in [6, 6.07) is 5.78. The van der Waals surface area contributed by atoms with Crippen LogP contribution in [-0.4, -0.2) is 11.9 Å². The Kier molecular flexibility index (Phi) is 3.53. The van der Waals surface area contributed by atoms with Gasteiger partial charge in [-0.25, -0.2) is 0 Å². The van der Waals surface area contributed by atoms with Crippen LogP contribution in [0.3, 0.4) is 0 Å². The first kappa shape index (κ1) is 13.2. The number of rotatable bonds is 3. The van der Waals surface area contributed by atoms with Gasteiger partial charge in [0.15, 0.2) is 0 Å². The highest BCUT2D eigenvalue weighted by Gasteiger charge is 2.30. The van der Waals surface area contributed by atoms with Gasteiger partial charge in [-0.15, -0.1) is 0 Å². The van der Waals surface area contributed by atoms with Crippen LogP contribution in [0.1, 0.15) is 43.5 Å². The van der Waals surface area contributed by atoms with Crippen LogP contribution in [-0.2, 0) is 0 Å². The summed E-state index contributed by atoms with van der Waals surface area (Å²) in [5.74, 6) is -0.492. The van der Waals surface area contributed by atoms with Crippen LogP contribution in [0.15, 0.2) is 18.2 Å². The number of amides is 1. The number of primary amides is 1. The quantitative estimate of drug-likeness (QED) is 0.881. The molecule has 1 saturated carbocycles. The molecule has 1 aliphatic rings. The lowest BCUT2D eigenvalue weighted by atomic mass is 9.92. The topological polar surface area (TPSA) is 55.1 Å². The van der Waals surface area contributed by atoms with Crippen LogP contribution in [0.25, 0.3) is 0 Å². The molecule has 4 heteroatoms. The Morgan fingerprint density at radius 3 is 2.72 bits per heavy atom. The predicted molar refractivity (Wildman–Crippen MR) is 75.0 cm³/mol. The van der Waals surface area contributed by atoms with E-state index in [-0.39, 0.29) is 0 Å². The number of anilines is 1. The summed E-state index contributed by atoms with van der Waals surface area (Å²) in [5, 5.41) is 3.87. The largest absolute Gasteiger partial charge is 0.382 e. The van der Waals surface area contributed by atoms with Gasteiger partial charge in [-0.1, -0.05) is 25.4 Å². The van der Waals surface area contributed by atoms with Gasteiger partial charge >= 0.3 is 0 Å². The number of nitrogens with one attached hydrogen (secondary N) is 1. The Balaban J connectivity index is 2.07. The highest BCUT2D eigenvalue weighted by atomic mass is 35.5. The van der Waals surface area contributed by atoms with Crippen molar-refractivity contribution in [1.29, 1.82) is 0 Å². The van der Waals surface area contributed by atoms with Gasteiger partial charge in [0.2, 0.25) is 5.91 Å². The van der Waals surface area contributed by atoms with Crippen molar-refractivity contribution in [1.82, 2.24) is 0 Å². The lowest BCUT2D eigenvalue weighted by molar-refractivity contribution is 0.100. The van der Waals surface area contributed by atoms with Gasteiger partial charge in [0, 0.05) is 11.7 Å². The zero-order chi connectivity index (χ0) is 13.3. The SMILES string of the molecule is CC1(C)CCC(Nc2ccc(C(N)=O)c(Cl)c2)C1. The maximum atomic E-state index is 11.1. The van der Waals surface area contributed by atoms with Crippen molar-refractivity contribution in [3.05, 3.63) is 28.8 Å². The van der Waals surface area contributed by atoms with Crippen LogP contribution in [0.2, 0.25) is 5.02 Å². The average molecular weight is 267 g/mol. The number of hydrogen-bond donors (Lipinski definition) is 2. The molecular weight excluding hydrogens is 248 g/mol. The molecule has 0 radical (unpaired) electrons.